The van der Waals surface area contributed by atoms with Crippen LogP contribution in [0.5, 0.6) is 0 Å². The first-order chi connectivity index (χ1) is 6.90. The minimum atomic E-state index is 0.132. The molecule has 0 aliphatic rings. The topological polar surface area (TPSA) is 75.6 Å². The summed E-state index contributed by atoms with van der Waals surface area (Å²) in [4.78, 5) is 7.96. The fourth-order valence-corrected chi connectivity index (χ4v) is 1.01. The van der Waals surface area contributed by atoms with Crippen molar-refractivity contribution in [2.45, 2.75) is 6.42 Å². The summed E-state index contributed by atoms with van der Waals surface area (Å²) in [5, 5.41) is 12.1. The predicted octanol–water partition coefficient (Wildman–Crippen LogP) is 1.20. The highest BCUT2D eigenvalue weighted by atomic mass is 16.5. The Morgan fingerprint density at radius 3 is 3.14 bits per heavy atom. The summed E-state index contributed by atoms with van der Waals surface area (Å²) in [6.45, 7) is 0. The largest absolute Gasteiger partial charge is 0.338 e. The third-order valence-corrected chi connectivity index (χ3v) is 1.62. The van der Waals surface area contributed by atoms with Gasteiger partial charge in [0.2, 0.25) is 11.7 Å². The fraction of sp³-hybridized carbons (Fsp3) is 0.111. The van der Waals surface area contributed by atoms with E-state index in [1.807, 2.05) is 12.1 Å². The first-order valence-electron chi connectivity index (χ1n) is 4.00. The van der Waals surface area contributed by atoms with Crippen LogP contribution in [0, 0.1) is 11.3 Å². The Labute approximate surface area is 80.0 Å². The molecule has 0 aromatic carbocycles. The molecule has 2 rings (SSSR count). The standard InChI is InChI=1S/C9H6N4O/c10-4-3-8-12-9(13-14-8)7-2-1-5-11-6-7/h1-2,5-6H,3H2. The van der Waals surface area contributed by atoms with Gasteiger partial charge >= 0.3 is 0 Å². The molecule has 0 unspecified atom stereocenters. The lowest BCUT2D eigenvalue weighted by molar-refractivity contribution is 0.388. The van der Waals surface area contributed by atoms with Crippen LogP contribution in [0.3, 0.4) is 0 Å². The van der Waals surface area contributed by atoms with E-state index in [-0.39, 0.29) is 6.42 Å². The van der Waals surface area contributed by atoms with Crippen LogP contribution in [-0.2, 0) is 6.42 Å². The predicted molar refractivity (Wildman–Crippen MR) is 46.8 cm³/mol. The van der Waals surface area contributed by atoms with E-state index in [0.717, 1.165) is 5.56 Å². The lowest BCUT2D eigenvalue weighted by atomic mass is 10.3. The molecule has 0 spiro atoms. The lowest BCUT2D eigenvalue weighted by Gasteiger charge is -1.89. The zero-order chi connectivity index (χ0) is 9.80. The van der Waals surface area contributed by atoms with E-state index in [1.165, 1.54) is 0 Å². The molecule has 0 bridgehead atoms. The summed E-state index contributed by atoms with van der Waals surface area (Å²) in [6, 6.07) is 5.55. The molecule has 0 atom stereocenters. The molecule has 0 N–H and O–H groups in total. The molecule has 0 aliphatic heterocycles. The Hall–Kier alpha value is -2.22. The Kier molecular flexibility index (Phi) is 2.19. The maximum absolute atomic E-state index is 8.41. The van der Waals surface area contributed by atoms with Gasteiger partial charge in [-0.15, -0.1) is 0 Å². The van der Waals surface area contributed by atoms with Crippen molar-refractivity contribution in [3.8, 4) is 17.5 Å². The summed E-state index contributed by atoms with van der Waals surface area (Å²) < 4.78 is 4.85. The molecule has 0 radical (unpaired) electrons. The summed E-state index contributed by atoms with van der Waals surface area (Å²) >= 11 is 0. The monoisotopic (exact) mass is 186 g/mol. The molecule has 5 nitrogen and oxygen atoms in total. The summed E-state index contributed by atoms with van der Waals surface area (Å²) in [7, 11) is 0. The number of aromatic nitrogens is 3. The van der Waals surface area contributed by atoms with Gasteiger partial charge in [-0.25, -0.2) is 0 Å². The smallest absolute Gasteiger partial charge is 0.241 e. The van der Waals surface area contributed by atoms with Crippen LogP contribution in [0.25, 0.3) is 11.4 Å². The molecule has 0 aliphatic carbocycles. The number of hydrogen-bond acceptors (Lipinski definition) is 5. The van der Waals surface area contributed by atoms with Gasteiger partial charge in [0.15, 0.2) is 0 Å². The normalized spacial score (nSPS) is 9.64. The molecule has 2 aromatic heterocycles. The van der Waals surface area contributed by atoms with Crippen molar-refractivity contribution in [3.05, 3.63) is 30.4 Å². The van der Waals surface area contributed by atoms with E-state index in [2.05, 4.69) is 15.1 Å². The van der Waals surface area contributed by atoms with Crippen LogP contribution in [0.15, 0.2) is 29.0 Å². The molecule has 2 heterocycles. The third-order valence-electron chi connectivity index (χ3n) is 1.62. The third kappa shape index (κ3) is 1.59. The van der Waals surface area contributed by atoms with E-state index in [0.29, 0.717) is 11.7 Å². The lowest BCUT2D eigenvalue weighted by Crippen LogP contribution is -1.83. The Balaban J connectivity index is 2.31. The average Bonchev–Trinajstić information content (AvgIpc) is 2.68. The Bertz CT molecular complexity index is 457. The highest BCUT2D eigenvalue weighted by Gasteiger charge is 2.07. The molecule has 0 saturated heterocycles. The van der Waals surface area contributed by atoms with Crippen LogP contribution in [0.2, 0.25) is 0 Å². The number of nitriles is 1. The van der Waals surface area contributed by atoms with Crippen LogP contribution < -0.4 is 0 Å². The van der Waals surface area contributed by atoms with E-state index in [4.69, 9.17) is 9.78 Å². The van der Waals surface area contributed by atoms with E-state index in [9.17, 15) is 0 Å². The first-order valence-corrected chi connectivity index (χ1v) is 4.00. The maximum atomic E-state index is 8.41. The fourth-order valence-electron chi connectivity index (χ4n) is 1.01. The van der Waals surface area contributed by atoms with Crippen LogP contribution in [-0.4, -0.2) is 15.1 Å². The van der Waals surface area contributed by atoms with Gasteiger partial charge in [-0.1, -0.05) is 5.16 Å². The van der Waals surface area contributed by atoms with Crippen molar-refractivity contribution in [1.82, 2.24) is 15.1 Å². The second kappa shape index (κ2) is 3.66. The van der Waals surface area contributed by atoms with Gasteiger partial charge in [0.05, 0.1) is 6.07 Å². The summed E-state index contributed by atoms with van der Waals surface area (Å²) in [6.07, 6.45) is 3.44. The van der Waals surface area contributed by atoms with Gasteiger partial charge in [0.25, 0.3) is 0 Å². The Morgan fingerprint density at radius 1 is 1.50 bits per heavy atom. The van der Waals surface area contributed by atoms with Crippen LogP contribution in [0.1, 0.15) is 5.89 Å². The minimum Gasteiger partial charge on any atom is -0.338 e. The number of pyridine rings is 1. The molecular weight excluding hydrogens is 180 g/mol. The highest BCUT2D eigenvalue weighted by molar-refractivity contribution is 5.51. The number of rotatable bonds is 2. The van der Waals surface area contributed by atoms with Crippen molar-refractivity contribution in [3.63, 3.8) is 0 Å². The molecule has 2 aromatic rings. The second-order valence-corrected chi connectivity index (χ2v) is 2.59. The molecule has 0 saturated carbocycles. The number of nitrogens with zero attached hydrogens (tertiary/aromatic N) is 4. The maximum Gasteiger partial charge on any atom is 0.241 e. The molecular formula is C9H6N4O. The summed E-state index contributed by atoms with van der Waals surface area (Å²) in [5.74, 6) is 0.787. The van der Waals surface area contributed by atoms with Crippen molar-refractivity contribution in [1.29, 1.82) is 5.26 Å². The highest BCUT2D eigenvalue weighted by Crippen LogP contribution is 2.13. The van der Waals surface area contributed by atoms with Crippen LogP contribution in [0.4, 0.5) is 0 Å². The van der Waals surface area contributed by atoms with Gasteiger partial charge in [0, 0.05) is 18.0 Å². The van der Waals surface area contributed by atoms with Gasteiger partial charge in [0.1, 0.15) is 6.42 Å². The molecule has 0 fully saturated rings. The first kappa shape index (κ1) is 8.38. The van der Waals surface area contributed by atoms with Crippen molar-refractivity contribution in [2.24, 2.45) is 0 Å². The van der Waals surface area contributed by atoms with Crippen molar-refractivity contribution < 1.29 is 4.52 Å². The van der Waals surface area contributed by atoms with Crippen molar-refractivity contribution >= 4 is 0 Å². The molecule has 68 valence electrons. The molecule has 14 heavy (non-hydrogen) atoms. The molecule has 0 amide bonds. The van der Waals surface area contributed by atoms with Gasteiger partial charge in [-0.05, 0) is 12.1 Å². The second-order valence-electron chi connectivity index (χ2n) is 2.59. The number of hydrogen-bond donors (Lipinski definition) is 0. The average molecular weight is 186 g/mol. The summed E-state index contributed by atoms with van der Waals surface area (Å²) in [5.41, 5.74) is 0.778. The minimum absolute atomic E-state index is 0.132. The van der Waals surface area contributed by atoms with Gasteiger partial charge in [-0.3, -0.25) is 4.98 Å². The van der Waals surface area contributed by atoms with Crippen LogP contribution >= 0.6 is 0 Å². The zero-order valence-electron chi connectivity index (χ0n) is 7.21. The Morgan fingerprint density at radius 2 is 2.43 bits per heavy atom. The van der Waals surface area contributed by atoms with E-state index < -0.39 is 0 Å². The zero-order valence-corrected chi connectivity index (χ0v) is 7.21. The van der Waals surface area contributed by atoms with E-state index >= 15 is 0 Å². The molecule has 5 heteroatoms. The van der Waals surface area contributed by atoms with Crippen molar-refractivity contribution in [2.75, 3.05) is 0 Å². The SMILES string of the molecule is N#CCc1nc(-c2cccnc2)no1. The van der Waals surface area contributed by atoms with Gasteiger partial charge < -0.3 is 4.52 Å². The quantitative estimate of drug-likeness (QED) is 0.704. The van der Waals surface area contributed by atoms with E-state index in [1.54, 1.807) is 18.5 Å². The van der Waals surface area contributed by atoms with Gasteiger partial charge in [-0.2, -0.15) is 10.2 Å².